The van der Waals surface area contributed by atoms with Gasteiger partial charge < -0.3 is 9.80 Å². The maximum absolute atomic E-state index is 9.94. The molecule has 0 amide bonds. The van der Waals surface area contributed by atoms with Crippen molar-refractivity contribution in [3.63, 3.8) is 0 Å². The first kappa shape index (κ1) is 43.5. The molecule has 0 aliphatic rings. The Morgan fingerprint density at radius 3 is 0.972 bits per heavy atom. The molecule has 0 heterocycles. The molecule has 338 valence electrons. The van der Waals surface area contributed by atoms with Crippen LogP contribution in [0.3, 0.4) is 0 Å². The lowest BCUT2D eigenvalue weighted by molar-refractivity contribution is 1.29. The van der Waals surface area contributed by atoms with Gasteiger partial charge in [0, 0.05) is 33.5 Å². The third-order valence-electron chi connectivity index (χ3n) is 13.9. The second-order valence-corrected chi connectivity index (χ2v) is 18.6. The van der Waals surface area contributed by atoms with Crippen molar-refractivity contribution in [2.75, 3.05) is 9.80 Å². The summed E-state index contributed by atoms with van der Waals surface area (Å²) < 4.78 is 0. The quantitative estimate of drug-likeness (QED) is 0.128. The smallest absolute Gasteiger partial charge is 0.0991 e. The fourth-order valence-corrected chi connectivity index (χ4v) is 10.3. The van der Waals surface area contributed by atoms with Gasteiger partial charge in [-0.1, -0.05) is 157 Å². The molecule has 0 saturated carbocycles. The van der Waals surface area contributed by atoms with Crippen LogP contribution in [0.1, 0.15) is 22.3 Å². The number of anilines is 6. The van der Waals surface area contributed by atoms with Crippen LogP contribution in [0, 0.1) is 36.5 Å². The van der Waals surface area contributed by atoms with Crippen LogP contribution in [0.25, 0.3) is 76.8 Å². The highest BCUT2D eigenvalue weighted by Crippen LogP contribution is 2.49. The van der Waals surface area contributed by atoms with E-state index in [0.717, 1.165) is 100 Å². The van der Waals surface area contributed by atoms with Gasteiger partial charge in [-0.25, -0.2) is 0 Å². The largest absolute Gasteiger partial charge is 0.310 e. The van der Waals surface area contributed by atoms with Crippen LogP contribution >= 0.6 is 0 Å². The average Bonchev–Trinajstić information content (AvgIpc) is 3.44. The van der Waals surface area contributed by atoms with E-state index in [9.17, 15) is 10.5 Å². The molecular formula is C68H46N4. The van der Waals surface area contributed by atoms with Gasteiger partial charge >= 0.3 is 0 Å². The fraction of sp³-hybridized carbons (Fsp3) is 0.0294. The first-order valence-electron chi connectivity index (χ1n) is 24.3. The summed E-state index contributed by atoms with van der Waals surface area (Å²) >= 11 is 0. The molecule has 0 unspecified atom stereocenters. The first-order valence-corrected chi connectivity index (χ1v) is 24.3. The van der Waals surface area contributed by atoms with E-state index in [1.807, 2.05) is 24.3 Å². The lowest BCUT2D eigenvalue weighted by atomic mass is 9.91. The molecule has 0 aliphatic heterocycles. The maximum atomic E-state index is 9.94. The standard InChI is InChI=1S/C68H46N4/c1-45-13-21-51(22-14-45)57-37-55(49-9-5-3-6-10-49)39-61(41-57)71(59-29-17-47(43-69)18-30-59)65-35-27-53-26-34-64-66(36-28-54-25-33-63(65)67(53)68(54)64)72(60-31-19-48(44-70)20-32-60)62-40-56(50-11-7-4-8-12-50)38-58(42-62)52-23-15-46(2)16-24-52/h3-42H,1-2H3. The van der Waals surface area contributed by atoms with Crippen molar-refractivity contribution in [1.82, 2.24) is 0 Å². The van der Waals surface area contributed by atoms with Crippen molar-refractivity contribution in [2.24, 2.45) is 0 Å². The zero-order chi connectivity index (χ0) is 48.7. The Morgan fingerprint density at radius 1 is 0.292 bits per heavy atom. The Kier molecular flexibility index (Phi) is 11.1. The molecular weight excluding hydrogens is 873 g/mol. The van der Waals surface area contributed by atoms with Gasteiger partial charge in [0.25, 0.3) is 0 Å². The number of benzene rings is 12. The molecule has 72 heavy (non-hydrogen) atoms. The average molecular weight is 919 g/mol. The SMILES string of the molecule is Cc1ccc(-c2cc(-c3ccccc3)cc(N(c3ccc(C#N)cc3)c3ccc4ccc5c(N(c6ccc(C#N)cc6)c6cc(-c7ccccc7)cc(-c7ccc(C)cc7)c6)ccc6ccc3c4c65)c2)cc1. The number of rotatable bonds is 10. The lowest BCUT2D eigenvalue weighted by Crippen LogP contribution is -2.12. The molecule has 4 heteroatoms. The van der Waals surface area contributed by atoms with Crippen molar-refractivity contribution in [1.29, 1.82) is 10.5 Å². The van der Waals surface area contributed by atoms with Gasteiger partial charge in [-0.3, -0.25) is 0 Å². The predicted octanol–water partition coefficient (Wildman–Crippen LogP) is 18.6. The minimum Gasteiger partial charge on any atom is -0.310 e. The monoisotopic (exact) mass is 918 g/mol. The van der Waals surface area contributed by atoms with Crippen molar-refractivity contribution in [3.05, 3.63) is 265 Å². The van der Waals surface area contributed by atoms with Crippen molar-refractivity contribution < 1.29 is 0 Å². The fourth-order valence-electron chi connectivity index (χ4n) is 10.3. The summed E-state index contributed by atoms with van der Waals surface area (Å²) in [5.41, 5.74) is 18.5. The summed E-state index contributed by atoms with van der Waals surface area (Å²) in [6.07, 6.45) is 0. The van der Waals surface area contributed by atoms with Gasteiger partial charge in [0.2, 0.25) is 0 Å². The van der Waals surface area contributed by atoms with Crippen LogP contribution in [0.5, 0.6) is 0 Å². The van der Waals surface area contributed by atoms with Crippen LogP contribution in [0.4, 0.5) is 34.1 Å². The molecule has 0 aromatic heterocycles. The zero-order valence-corrected chi connectivity index (χ0v) is 39.9. The molecule has 0 saturated heterocycles. The van der Waals surface area contributed by atoms with Gasteiger partial charge in [-0.05, 0) is 177 Å². The van der Waals surface area contributed by atoms with E-state index in [-0.39, 0.29) is 0 Å². The molecule has 0 atom stereocenters. The molecule has 0 spiro atoms. The van der Waals surface area contributed by atoms with Crippen molar-refractivity contribution in [2.45, 2.75) is 13.8 Å². The number of hydrogen-bond donors (Lipinski definition) is 0. The summed E-state index contributed by atoms with van der Waals surface area (Å²) in [6.45, 7) is 4.24. The Morgan fingerprint density at radius 2 is 0.625 bits per heavy atom. The predicted molar refractivity (Wildman–Crippen MR) is 300 cm³/mol. The number of hydrogen-bond acceptors (Lipinski definition) is 4. The number of nitriles is 2. The molecule has 0 aliphatic carbocycles. The van der Waals surface area contributed by atoms with E-state index in [2.05, 4.69) is 254 Å². The Labute approximate surface area is 420 Å². The summed E-state index contributed by atoms with van der Waals surface area (Å²) in [4.78, 5) is 4.70. The highest BCUT2D eigenvalue weighted by atomic mass is 15.1. The minimum atomic E-state index is 0.604. The topological polar surface area (TPSA) is 54.1 Å². The summed E-state index contributed by atoms with van der Waals surface area (Å²) in [5.74, 6) is 0. The van der Waals surface area contributed by atoms with Crippen LogP contribution in [-0.4, -0.2) is 0 Å². The van der Waals surface area contributed by atoms with Gasteiger partial charge in [-0.15, -0.1) is 0 Å². The van der Waals surface area contributed by atoms with Crippen LogP contribution in [-0.2, 0) is 0 Å². The molecule has 0 N–H and O–H groups in total. The Balaban J connectivity index is 1.10. The van der Waals surface area contributed by atoms with Gasteiger partial charge in [0.1, 0.15) is 0 Å². The lowest BCUT2D eigenvalue weighted by Gasteiger charge is -2.30. The second-order valence-electron chi connectivity index (χ2n) is 18.6. The number of nitrogens with zero attached hydrogens (tertiary/aromatic N) is 4. The van der Waals surface area contributed by atoms with Crippen molar-refractivity contribution >= 4 is 66.4 Å². The summed E-state index contributed by atoms with van der Waals surface area (Å²) in [6, 6.07) is 90.9. The molecule has 0 radical (unpaired) electrons. The van der Waals surface area contributed by atoms with Crippen LogP contribution in [0.2, 0.25) is 0 Å². The molecule has 4 nitrogen and oxygen atoms in total. The van der Waals surface area contributed by atoms with E-state index in [0.29, 0.717) is 11.1 Å². The molecule has 0 fully saturated rings. The van der Waals surface area contributed by atoms with Gasteiger partial charge in [0.15, 0.2) is 0 Å². The van der Waals surface area contributed by atoms with E-state index in [4.69, 9.17) is 0 Å². The normalized spacial score (nSPS) is 11.2. The minimum absolute atomic E-state index is 0.604. The van der Waals surface area contributed by atoms with E-state index in [1.165, 1.54) is 21.9 Å². The van der Waals surface area contributed by atoms with Crippen LogP contribution in [0.15, 0.2) is 243 Å². The molecule has 12 aromatic rings. The first-order chi connectivity index (χ1) is 35.4. The summed E-state index contributed by atoms with van der Waals surface area (Å²) in [7, 11) is 0. The van der Waals surface area contributed by atoms with E-state index >= 15 is 0 Å². The third-order valence-corrected chi connectivity index (χ3v) is 13.9. The van der Waals surface area contributed by atoms with Crippen molar-refractivity contribution in [3.8, 4) is 56.6 Å². The maximum Gasteiger partial charge on any atom is 0.0991 e. The highest BCUT2D eigenvalue weighted by Gasteiger charge is 2.24. The Bertz CT molecular complexity index is 3770. The van der Waals surface area contributed by atoms with E-state index in [1.54, 1.807) is 0 Å². The van der Waals surface area contributed by atoms with E-state index < -0.39 is 0 Å². The Hall–Kier alpha value is -9.74. The second kappa shape index (κ2) is 18.3. The molecule has 12 aromatic carbocycles. The third kappa shape index (κ3) is 8.04. The molecule has 12 rings (SSSR count). The zero-order valence-electron chi connectivity index (χ0n) is 39.9. The summed E-state index contributed by atoms with van der Waals surface area (Å²) in [5, 5.41) is 26.7. The van der Waals surface area contributed by atoms with Gasteiger partial charge in [-0.2, -0.15) is 10.5 Å². The van der Waals surface area contributed by atoms with Crippen LogP contribution < -0.4 is 9.80 Å². The van der Waals surface area contributed by atoms with Gasteiger partial charge in [0.05, 0.1) is 34.6 Å². The molecule has 0 bridgehead atoms. The highest BCUT2D eigenvalue weighted by molar-refractivity contribution is 6.28. The number of aryl methyl sites for hydroxylation is 2.